The highest BCUT2D eigenvalue weighted by Crippen LogP contribution is 2.27. The van der Waals surface area contributed by atoms with E-state index in [2.05, 4.69) is 15.0 Å². The highest BCUT2D eigenvalue weighted by Gasteiger charge is 2.35. The molecule has 0 bridgehead atoms. The molecule has 0 amide bonds. The Hall–Kier alpha value is -1.80. The summed E-state index contributed by atoms with van der Waals surface area (Å²) in [5, 5.41) is 7.96. The van der Waals surface area contributed by atoms with Crippen molar-refractivity contribution in [2.24, 2.45) is 0 Å². The number of fused-ring (bicyclic) bond motifs is 1. The number of hydrogen-bond acceptors (Lipinski definition) is 5. The number of sulfonamides is 1. The van der Waals surface area contributed by atoms with Crippen molar-refractivity contribution in [3.8, 4) is 0 Å². The van der Waals surface area contributed by atoms with E-state index in [0.717, 1.165) is 0 Å². The molecule has 1 aliphatic carbocycles. The molecule has 1 aliphatic rings. The molecular weight excluding hydrogens is 280 g/mol. The van der Waals surface area contributed by atoms with Crippen LogP contribution in [-0.4, -0.2) is 35.2 Å². The van der Waals surface area contributed by atoms with Crippen LogP contribution in [0.3, 0.4) is 0 Å². The van der Waals surface area contributed by atoms with Crippen molar-refractivity contribution in [3.63, 3.8) is 0 Å². The highest BCUT2D eigenvalue weighted by molar-refractivity contribution is 7.90. The largest absolute Gasteiger partial charge is 0.277 e. The Kier molecular flexibility index (Phi) is 3.27. The molecule has 0 aliphatic heterocycles. The maximum absolute atomic E-state index is 12.1. The van der Waals surface area contributed by atoms with Crippen molar-refractivity contribution in [1.82, 2.24) is 19.7 Å². The van der Waals surface area contributed by atoms with Crippen LogP contribution in [0.15, 0.2) is 29.1 Å². The smallest absolute Gasteiger partial charge is 0.267 e. The monoisotopic (exact) mass is 294 g/mol. The van der Waals surface area contributed by atoms with Crippen molar-refractivity contribution < 1.29 is 8.42 Å². The van der Waals surface area contributed by atoms with Crippen LogP contribution < -0.4 is 10.3 Å². The van der Waals surface area contributed by atoms with Gasteiger partial charge in [-0.3, -0.25) is 4.79 Å². The van der Waals surface area contributed by atoms with Gasteiger partial charge in [-0.05, 0) is 25.0 Å². The summed E-state index contributed by atoms with van der Waals surface area (Å²) >= 11 is 0. The minimum absolute atomic E-state index is 0.145. The molecule has 1 aromatic carbocycles. The van der Waals surface area contributed by atoms with Crippen LogP contribution in [0.2, 0.25) is 0 Å². The lowest BCUT2D eigenvalue weighted by molar-refractivity contribution is 0.531. The summed E-state index contributed by atoms with van der Waals surface area (Å²) in [6.07, 6.45) is 1.43. The number of nitrogens with one attached hydrogen (secondary N) is 1. The van der Waals surface area contributed by atoms with Gasteiger partial charge in [0.1, 0.15) is 5.52 Å². The van der Waals surface area contributed by atoms with Gasteiger partial charge in [-0.1, -0.05) is 17.3 Å². The normalized spacial score (nSPS) is 15.6. The average Bonchev–Trinajstić information content (AvgIpc) is 3.26. The van der Waals surface area contributed by atoms with Gasteiger partial charge >= 0.3 is 0 Å². The van der Waals surface area contributed by atoms with E-state index in [4.69, 9.17) is 0 Å². The molecule has 3 rings (SSSR count). The Labute approximate surface area is 115 Å². The maximum atomic E-state index is 12.1. The zero-order chi connectivity index (χ0) is 14.2. The summed E-state index contributed by atoms with van der Waals surface area (Å²) < 4.78 is 27.0. The first-order valence-electron chi connectivity index (χ1n) is 6.39. The molecule has 106 valence electrons. The number of rotatable bonds is 5. The molecule has 7 nitrogen and oxygen atoms in total. The maximum Gasteiger partial charge on any atom is 0.277 e. The Bertz CT molecular complexity index is 796. The van der Waals surface area contributed by atoms with Crippen molar-refractivity contribution >= 4 is 20.9 Å². The molecule has 1 saturated carbocycles. The summed E-state index contributed by atoms with van der Waals surface area (Å²) in [6, 6.07) is 6.93. The molecule has 1 fully saturated rings. The lowest BCUT2D eigenvalue weighted by Gasteiger charge is -2.06. The molecule has 0 spiro atoms. The van der Waals surface area contributed by atoms with Crippen LogP contribution in [0.1, 0.15) is 12.8 Å². The third kappa shape index (κ3) is 2.56. The van der Waals surface area contributed by atoms with Gasteiger partial charge in [0.05, 0.1) is 17.2 Å². The Morgan fingerprint density at radius 1 is 1.30 bits per heavy atom. The van der Waals surface area contributed by atoms with Crippen LogP contribution in [0.25, 0.3) is 10.9 Å². The summed E-state index contributed by atoms with van der Waals surface area (Å²) in [5.41, 5.74) is 0.272. The van der Waals surface area contributed by atoms with Crippen molar-refractivity contribution in [2.75, 3.05) is 6.54 Å². The van der Waals surface area contributed by atoms with Gasteiger partial charge in [-0.25, -0.2) is 17.8 Å². The Morgan fingerprint density at radius 3 is 2.80 bits per heavy atom. The molecule has 0 atom stereocenters. The van der Waals surface area contributed by atoms with E-state index >= 15 is 0 Å². The summed E-state index contributed by atoms with van der Waals surface area (Å²) in [6.45, 7) is 0.314. The summed E-state index contributed by atoms with van der Waals surface area (Å²) in [5.74, 6) is 0. The third-order valence-electron chi connectivity index (χ3n) is 3.22. The van der Waals surface area contributed by atoms with E-state index in [0.29, 0.717) is 23.7 Å². The fraction of sp³-hybridized carbons (Fsp3) is 0.417. The predicted octanol–water partition coefficient (Wildman–Crippen LogP) is -0.127. The first kappa shape index (κ1) is 13.2. The SMILES string of the molecule is O=c1c2ccccc2nnn1CCNS(=O)(=O)C1CC1. The van der Waals surface area contributed by atoms with Gasteiger partial charge in [0.15, 0.2) is 0 Å². The standard InChI is InChI=1S/C12H14N4O3S/c17-12-10-3-1-2-4-11(10)14-15-16(12)8-7-13-20(18,19)9-5-6-9/h1-4,9,13H,5-8H2. The van der Waals surface area contributed by atoms with Crippen LogP contribution in [0.5, 0.6) is 0 Å². The van der Waals surface area contributed by atoms with Crippen LogP contribution in [0.4, 0.5) is 0 Å². The Balaban J connectivity index is 1.75. The van der Waals surface area contributed by atoms with Crippen molar-refractivity contribution in [1.29, 1.82) is 0 Å². The van der Waals surface area contributed by atoms with Gasteiger partial charge in [0.2, 0.25) is 10.0 Å². The second-order valence-corrected chi connectivity index (χ2v) is 6.82. The first-order chi connectivity index (χ1) is 9.58. The number of nitrogens with zero attached hydrogens (tertiary/aromatic N) is 3. The second-order valence-electron chi connectivity index (χ2n) is 4.77. The van der Waals surface area contributed by atoms with E-state index < -0.39 is 10.0 Å². The molecule has 1 N–H and O–H groups in total. The lowest BCUT2D eigenvalue weighted by atomic mass is 10.2. The molecule has 0 unspecified atom stereocenters. The molecule has 2 aromatic rings. The number of aromatic nitrogens is 3. The minimum Gasteiger partial charge on any atom is -0.267 e. The van der Waals surface area contributed by atoms with Crippen LogP contribution in [-0.2, 0) is 16.6 Å². The number of hydrogen-bond donors (Lipinski definition) is 1. The van der Waals surface area contributed by atoms with E-state index in [1.807, 2.05) is 0 Å². The predicted molar refractivity (Wildman–Crippen MR) is 73.7 cm³/mol. The fourth-order valence-electron chi connectivity index (χ4n) is 1.96. The quantitative estimate of drug-likeness (QED) is 0.829. The van der Waals surface area contributed by atoms with Gasteiger partial charge in [-0.2, -0.15) is 0 Å². The van der Waals surface area contributed by atoms with Gasteiger partial charge in [0, 0.05) is 6.54 Å². The summed E-state index contributed by atoms with van der Waals surface area (Å²) in [7, 11) is -3.23. The van der Waals surface area contributed by atoms with Crippen molar-refractivity contribution in [3.05, 3.63) is 34.6 Å². The minimum atomic E-state index is -3.23. The molecule has 1 aromatic heterocycles. The lowest BCUT2D eigenvalue weighted by Crippen LogP contribution is -2.34. The van der Waals surface area contributed by atoms with Gasteiger partial charge in [0.25, 0.3) is 5.56 Å². The van der Waals surface area contributed by atoms with Crippen molar-refractivity contribution in [2.45, 2.75) is 24.6 Å². The average molecular weight is 294 g/mol. The number of benzene rings is 1. The molecule has 8 heteroatoms. The first-order valence-corrected chi connectivity index (χ1v) is 7.93. The van der Waals surface area contributed by atoms with Gasteiger partial charge in [-0.15, -0.1) is 5.10 Å². The van der Waals surface area contributed by atoms with E-state index in [1.165, 1.54) is 4.68 Å². The highest BCUT2D eigenvalue weighted by atomic mass is 32.2. The van der Waals surface area contributed by atoms with Crippen LogP contribution >= 0.6 is 0 Å². The fourth-order valence-corrected chi connectivity index (χ4v) is 3.33. The van der Waals surface area contributed by atoms with E-state index in [-0.39, 0.29) is 23.9 Å². The summed E-state index contributed by atoms with van der Waals surface area (Å²) in [4.78, 5) is 12.1. The molecule has 1 heterocycles. The molecule has 20 heavy (non-hydrogen) atoms. The topological polar surface area (TPSA) is 93.9 Å². The van der Waals surface area contributed by atoms with E-state index in [9.17, 15) is 13.2 Å². The zero-order valence-corrected chi connectivity index (χ0v) is 11.5. The van der Waals surface area contributed by atoms with E-state index in [1.54, 1.807) is 24.3 Å². The zero-order valence-electron chi connectivity index (χ0n) is 10.7. The van der Waals surface area contributed by atoms with Crippen LogP contribution in [0, 0.1) is 0 Å². The molecular formula is C12H14N4O3S. The third-order valence-corrected chi connectivity index (χ3v) is 5.17. The molecule has 0 radical (unpaired) electrons. The molecule has 0 saturated heterocycles. The van der Waals surface area contributed by atoms with Gasteiger partial charge < -0.3 is 0 Å². The Morgan fingerprint density at radius 2 is 2.05 bits per heavy atom. The second kappa shape index (κ2) is 4.95.